The van der Waals surface area contributed by atoms with E-state index in [0.717, 1.165) is 25.0 Å². The molecule has 23 heavy (non-hydrogen) atoms. The van der Waals surface area contributed by atoms with Gasteiger partial charge in [0.1, 0.15) is 17.2 Å². The Morgan fingerprint density at radius 3 is 2.70 bits per heavy atom. The predicted molar refractivity (Wildman–Crippen MR) is 81.7 cm³/mol. The van der Waals surface area contributed by atoms with Gasteiger partial charge < -0.3 is 9.52 Å². The highest BCUT2D eigenvalue weighted by Gasteiger charge is 2.47. The molecule has 1 aromatic heterocycles. The number of aryl methyl sites for hydroxylation is 1. The Balaban J connectivity index is 1.83. The standard InChI is InChI=1S/C16H18FNO4S/c1-11-9-13(17)6-7-14(11)23(20,21)18-10-16(19,12-4-5-12)15-3-2-8-22-15/h2-3,6-9,12,18-19H,4-5,10H2,1H3. The van der Waals surface area contributed by atoms with Crippen LogP contribution in [0.1, 0.15) is 24.2 Å². The summed E-state index contributed by atoms with van der Waals surface area (Å²) in [6.45, 7) is 1.33. The third-order valence-electron chi connectivity index (χ3n) is 4.16. The van der Waals surface area contributed by atoms with Crippen LogP contribution in [0.4, 0.5) is 4.39 Å². The summed E-state index contributed by atoms with van der Waals surface area (Å²) in [6, 6.07) is 6.77. The van der Waals surface area contributed by atoms with Crippen molar-refractivity contribution in [2.24, 2.45) is 5.92 Å². The van der Waals surface area contributed by atoms with Crippen LogP contribution in [0.25, 0.3) is 0 Å². The lowest BCUT2D eigenvalue weighted by molar-refractivity contribution is -0.00224. The second-order valence-corrected chi connectivity index (χ2v) is 7.65. The minimum absolute atomic E-state index is 0.00325. The van der Waals surface area contributed by atoms with E-state index in [1.54, 1.807) is 12.1 Å². The summed E-state index contributed by atoms with van der Waals surface area (Å²) >= 11 is 0. The van der Waals surface area contributed by atoms with Gasteiger partial charge in [-0.15, -0.1) is 0 Å². The van der Waals surface area contributed by atoms with Gasteiger partial charge in [0.25, 0.3) is 0 Å². The van der Waals surface area contributed by atoms with Crippen LogP contribution in [0.15, 0.2) is 45.9 Å². The molecule has 1 aliphatic carbocycles. The third kappa shape index (κ3) is 3.17. The highest BCUT2D eigenvalue weighted by molar-refractivity contribution is 7.89. The molecule has 1 aromatic carbocycles. The van der Waals surface area contributed by atoms with Crippen molar-refractivity contribution in [2.45, 2.75) is 30.3 Å². The summed E-state index contributed by atoms with van der Waals surface area (Å²) in [6.07, 6.45) is 3.07. The quantitative estimate of drug-likeness (QED) is 0.846. The van der Waals surface area contributed by atoms with Crippen molar-refractivity contribution in [3.05, 3.63) is 53.7 Å². The molecule has 0 spiro atoms. The first kappa shape index (κ1) is 16.2. The zero-order chi connectivity index (χ0) is 16.7. The van der Waals surface area contributed by atoms with Gasteiger partial charge in [-0.25, -0.2) is 17.5 Å². The van der Waals surface area contributed by atoms with Gasteiger partial charge in [-0.3, -0.25) is 0 Å². The van der Waals surface area contributed by atoms with E-state index in [1.165, 1.54) is 19.3 Å². The normalized spacial score (nSPS) is 17.9. The third-order valence-corrected chi connectivity index (χ3v) is 5.72. The average molecular weight is 339 g/mol. The molecular formula is C16H18FNO4S. The number of furan rings is 1. The van der Waals surface area contributed by atoms with E-state index in [0.29, 0.717) is 11.3 Å². The lowest BCUT2D eigenvalue weighted by Crippen LogP contribution is -2.42. The number of rotatable bonds is 6. The molecule has 1 atom stereocenters. The zero-order valence-electron chi connectivity index (χ0n) is 12.6. The molecule has 0 amide bonds. The van der Waals surface area contributed by atoms with Crippen molar-refractivity contribution >= 4 is 10.0 Å². The molecule has 3 rings (SSSR count). The summed E-state index contributed by atoms with van der Waals surface area (Å²) < 4.78 is 45.7. The van der Waals surface area contributed by atoms with E-state index in [1.807, 2.05) is 0 Å². The molecule has 5 nitrogen and oxygen atoms in total. The van der Waals surface area contributed by atoms with E-state index >= 15 is 0 Å². The summed E-state index contributed by atoms with van der Waals surface area (Å²) in [4.78, 5) is -0.00325. The Kier molecular flexibility index (Phi) is 4.03. The molecule has 1 aliphatic rings. The van der Waals surface area contributed by atoms with Gasteiger partial charge >= 0.3 is 0 Å². The number of hydrogen-bond acceptors (Lipinski definition) is 4. The molecule has 124 valence electrons. The van der Waals surface area contributed by atoms with Gasteiger partial charge in [-0.1, -0.05) is 0 Å². The molecule has 7 heteroatoms. The minimum Gasteiger partial charge on any atom is -0.466 e. The molecule has 1 fully saturated rings. The van der Waals surface area contributed by atoms with Gasteiger partial charge in [-0.05, 0) is 61.6 Å². The molecule has 2 aromatic rings. The Hall–Kier alpha value is -1.70. The van der Waals surface area contributed by atoms with Gasteiger partial charge in [0, 0.05) is 6.54 Å². The van der Waals surface area contributed by atoms with Crippen LogP contribution in [-0.2, 0) is 15.6 Å². The average Bonchev–Trinajstić information content (AvgIpc) is 3.20. The van der Waals surface area contributed by atoms with Crippen LogP contribution in [0.5, 0.6) is 0 Å². The fourth-order valence-electron chi connectivity index (χ4n) is 2.72. The van der Waals surface area contributed by atoms with E-state index in [4.69, 9.17) is 4.42 Å². The lowest BCUT2D eigenvalue weighted by atomic mass is 9.95. The van der Waals surface area contributed by atoms with Crippen LogP contribution < -0.4 is 4.72 Å². The topological polar surface area (TPSA) is 79.5 Å². The van der Waals surface area contributed by atoms with Crippen LogP contribution in [0, 0.1) is 18.7 Å². The summed E-state index contributed by atoms with van der Waals surface area (Å²) in [5.41, 5.74) is -1.06. The monoisotopic (exact) mass is 339 g/mol. The molecule has 0 radical (unpaired) electrons. The van der Waals surface area contributed by atoms with Gasteiger partial charge in [0.15, 0.2) is 0 Å². The summed E-state index contributed by atoms with van der Waals surface area (Å²) in [5, 5.41) is 10.9. The van der Waals surface area contributed by atoms with Crippen molar-refractivity contribution in [3.63, 3.8) is 0 Å². The Bertz CT molecular complexity index is 799. The number of hydrogen-bond donors (Lipinski definition) is 2. The van der Waals surface area contributed by atoms with Gasteiger partial charge in [0.2, 0.25) is 10.0 Å². The Morgan fingerprint density at radius 1 is 1.39 bits per heavy atom. The molecule has 1 heterocycles. The molecule has 0 bridgehead atoms. The van der Waals surface area contributed by atoms with Crippen molar-refractivity contribution in [3.8, 4) is 0 Å². The number of nitrogens with one attached hydrogen (secondary N) is 1. The fraction of sp³-hybridized carbons (Fsp3) is 0.375. The molecule has 0 aliphatic heterocycles. The van der Waals surface area contributed by atoms with Crippen molar-refractivity contribution in [2.75, 3.05) is 6.54 Å². The first-order valence-corrected chi connectivity index (χ1v) is 8.83. The first-order chi connectivity index (χ1) is 10.8. The summed E-state index contributed by atoms with van der Waals surface area (Å²) in [5.74, 6) is -0.185. The molecule has 0 saturated heterocycles. The van der Waals surface area contributed by atoms with Gasteiger partial charge in [-0.2, -0.15) is 0 Å². The summed E-state index contributed by atoms with van der Waals surface area (Å²) in [7, 11) is -3.86. The van der Waals surface area contributed by atoms with Crippen molar-refractivity contribution in [1.82, 2.24) is 4.72 Å². The van der Waals surface area contributed by atoms with Crippen LogP contribution in [-0.4, -0.2) is 20.1 Å². The highest BCUT2D eigenvalue weighted by Crippen LogP contribution is 2.45. The highest BCUT2D eigenvalue weighted by atomic mass is 32.2. The first-order valence-electron chi connectivity index (χ1n) is 7.35. The second kappa shape index (κ2) is 5.74. The van der Waals surface area contributed by atoms with E-state index in [-0.39, 0.29) is 17.4 Å². The molecule has 1 saturated carbocycles. The Labute approximate surface area is 134 Å². The minimum atomic E-state index is -3.86. The largest absolute Gasteiger partial charge is 0.466 e. The van der Waals surface area contributed by atoms with E-state index in [9.17, 15) is 17.9 Å². The predicted octanol–water partition coefficient (Wildman–Crippen LogP) is 2.30. The maximum absolute atomic E-state index is 13.1. The molecule has 1 unspecified atom stereocenters. The van der Waals surface area contributed by atoms with Crippen molar-refractivity contribution in [1.29, 1.82) is 0 Å². The van der Waals surface area contributed by atoms with Crippen molar-refractivity contribution < 1.29 is 22.3 Å². The fourth-order valence-corrected chi connectivity index (χ4v) is 4.01. The zero-order valence-corrected chi connectivity index (χ0v) is 13.4. The van der Waals surface area contributed by atoms with Crippen LogP contribution in [0.2, 0.25) is 0 Å². The van der Waals surface area contributed by atoms with Gasteiger partial charge in [0.05, 0.1) is 11.2 Å². The van der Waals surface area contributed by atoms with E-state index < -0.39 is 21.4 Å². The smallest absolute Gasteiger partial charge is 0.240 e. The maximum atomic E-state index is 13.1. The SMILES string of the molecule is Cc1cc(F)ccc1S(=O)(=O)NCC(O)(c1ccco1)C1CC1. The van der Waals surface area contributed by atoms with Crippen LogP contribution in [0.3, 0.4) is 0 Å². The van der Waals surface area contributed by atoms with E-state index in [2.05, 4.69) is 4.72 Å². The lowest BCUT2D eigenvalue weighted by Gasteiger charge is -2.26. The maximum Gasteiger partial charge on any atom is 0.240 e. The number of benzene rings is 1. The second-order valence-electron chi connectivity index (χ2n) is 5.91. The molecule has 2 N–H and O–H groups in total. The van der Waals surface area contributed by atoms with Crippen LogP contribution >= 0.6 is 0 Å². The number of halogens is 1. The number of sulfonamides is 1. The Morgan fingerprint density at radius 2 is 2.13 bits per heavy atom. The molecular weight excluding hydrogens is 321 g/mol. The number of aliphatic hydroxyl groups is 1.